The molecule has 0 aliphatic rings. The van der Waals surface area contributed by atoms with Crippen LogP contribution in [0.1, 0.15) is 22.8 Å². The maximum absolute atomic E-state index is 14.7. The van der Waals surface area contributed by atoms with Crippen LogP contribution in [0.15, 0.2) is 47.4 Å². The molecule has 128 valence electrons. The summed E-state index contributed by atoms with van der Waals surface area (Å²) in [4.78, 5) is 23.6. The second kappa shape index (κ2) is 6.49. The highest BCUT2D eigenvalue weighted by atomic mass is 19.1. The molecule has 1 heterocycles. The lowest BCUT2D eigenvalue weighted by Gasteiger charge is -2.13. The molecule has 2 N–H and O–H groups in total. The van der Waals surface area contributed by atoms with Crippen LogP contribution < -0.4 is 5.43 Å². The first-order valence-corrected chi connectivity index (χ1v) is 7.76. The molecule has 3 rings (SSSR count). The third kappa shape index (κ3) is 2.92. The van der Waals surface area contributed by atoms with Crippen molar-refractivity contribution in [2.45, 2.75) is 20.1 Å². The molecular formula is C19H16FNO4. The van der Waals surface area contributed by atoms with Gasteiger partial charge in [-0.25, -0.2) is 9.18 Å². The molecule has 0 amide bonds. The predicted octanol–water partition coefficient (Wildman–Crippen LogP) is 3.02. The summed E-state index contributed by atoms with van der Waals surface area (Å²) in [6.07, 6.45) is 1.24. The van der Waals surface area contributed by atoms with E-state index in [-0.39, 0.29) is 12.0 Å². The van der Waals surface area contributed by atoms with Gasteiger partial charge in [0.1, 0.15) is 11.4 Å². The molecule has 0 saturated carbocycles. The van der Waals surface area contributed by atoms with Gasteiger partial charge in [0.25, 0.3) is 0 Å². The van der Waals surface area contributed by atoms with Crippen LogP contribution in [0, 0.1) is 5.82 Å². The summed E-state index contributed by atoms with van der Waals surface area (Å²) >= 11 is 0. The number of aliphatic hydroxyl groups excluding tert-OH is 1. The highest BCUT2D eigenvalue weighted by Crippen LogP contribution is 2.26. The molecule has 0 atom stereocenters. The smallest absolute Gasteiger partial charge is 0.341 e. The van der Waals surface area contributed by atoms with E-state index in [0.717, 1.165) is 11.1 Å². The number of benzene rings is 2. The van der Waals surface area contributed by atoms with Crippen molar-refractivity contribution in [2.24, 2.45) is 0 Å². The van der Waals surface area contributed by atoms with Gasteiger partial charge >= 0.3 is 5.97 Å². The summed E-state index contributed by atoms with van der Waals surface area (Å²) in [6.45, 7) is 2.10. The number of nitrogens with zero attached hydrogens (tertiary/aromatic N) is 1. The number of carboxylic acids is 1. The van der Waals surface area contributed by atoms with Gasteiger partial charge in [-0.2, -0.15) is 0 Å². The summed E-state index contributed by atoms with van der Waals surface area (Å²) in [5.74, 6) is -2.13. The lowest BCUT2D eigenvalue weighted by molar-refractivity contribution is 0.0695. The lowest BCUT2D eigenvalue weighted by atomic mass is 10.0. The Bertz CT molecular complexity index is 1020. The summed E-state index contributed by atoms with van der Waals surface area (Å²) in [6, 6.07) is 9.88. The maximum atomic E-state index is 14.7. The number of hydrogen-bond acceptors (Lipinski definition) is 3. The minimum absolute atomic E-state index is 0.0836. The number of aromatic carboxylic acids is 1. The zero-order chi connectivity index (χ0) is 18.1. The molecule has 2 aromatic carbocycles. The fourth-order valence-electron chi connectivity index (χ4n) is 2.85. The molecule has 0 unspecified atom stereocenters. The second-order valence-electron chi connectivity index (χ2n) is 5.67. The van der Waals surface area contributed by atoms with E-state index in [2.05, 4.69) is 0 Å². The van der Waals surface area contributed by atoms with Gasteiger partial charge in [-0.1, -0.05) is 24.3 Å². The van der Waals surface area contributed by atoms with Crippen molar-refractivity contribution in [1.82, 2.24) is 4.57 Å². The third-order valence-electron chi connectivity index (χ3n) is 4.18. The van der Waals surface area contributed by atoms with Crippen LogP contribution >= 0.6 is 0 Å². The molecule has 0 fully saturated rings. The van der Waals surface area contributed by atoms with Gasteiger partial charge < -0.3 is 14.8 Å². The molecule has 0 aliphatic heterocycles. The molecule has 5 nitrogen and oxygen atoms in total. The van der Waals surface area contributed by atoms with Crippen LogP contribution in [-0.4, -0.2) is 20.7 Å². The standard InChI is InChI=1S/C19H16FNO4/c1-2-21-9-14(19(24)25)18(23)17-15(20)7-13(8-16(17)21)12-5-3-11(10-22)4-6-12/h3-9,22H,2,10H2,1H3,(H,24,25). The average Bonchev–Trinajstić information content (AvgIpc) is 2.61. The Labute approximate surface area is 142 Å². The number of carboxylic acid groups (broad SMARTS) is 1. The normalized spacial score (nSPS) is 11.0. The van der Waals surface area contributed by atoms with Crippen LogP contribution in [0.4, 0.5) is 4.39 Å². The molecule has 0 saturated heterocycles. The van der Waals surface area contributed by atoms with Gasteiger partial charge in [0.05, 0.1) is 17.5 Å². The summed E-state index contributed by atoms with van der Waals surface area (Å²) in [5, 5.41) is 18.0. The third-order valence-corrected chi connectivity index (χ3v) is 4.18. The van der Waals surface area contributed by atoms with Gasteiger partial charge in [-0.05, 0) is 35.7 Å². The molecule has 0 bridgehead atoms. The van der Waals surface area contributed by atoms with E-state index < -0.39 is 22.8 Å². The SMILES string of the molecule is CCn1cc(C(=O)O)c(=O)c2c(F)cc(-c3ccc(CO)cc3)cc21. The van der Waals surface area contributed by atoms with Gasteiger partial charge in [-0.3, -0.25) is 4.79 Å². The number of hydrogen-bond donors (Lipinski definition) is 2. The second-order valence-corrected chi connectivity index (χ2v) is 5.67. The Hall–Kier alpha value is -2.99. The fourth-order valence-corrected chi connectivity index (χ4v) is 2.85. The van der Waals surface area contributed by atoms with Crippen LogP contribution in [0.5, 0.6) is 0 Å². The maximum Gasteiger partial charge on any atom is 0.341 e. The minimum Gasteiger partial charge on any atom is -0.477 e. The number of halogens is 1. The zero-order valence-corrected chi connectivity index (χ0v) is 13.5. The Morgan fingerprint density at radius 2 is 1.84 bits per heavy atom. The molecular weight excluding hydrogens is 325 g/mol. The van der Waals surface area contributed by atoms with Crippen LogP contribution in [0.3, 0.4) is 0 Å². The number of aryl methyl sites for hydroxylation is 1. The molecule has 0 aliphatic carbocycles. The van der Waals surface area contributed by atoms with Crippen molar-refractivity contribution in [1.29, 1.82) is 0 Å². The van der Waals surface area contributed by atoms with Crippen LogP contribution in [-0.2, 0) is 13.2 Å². The Morgan fingerprint density at radius 3 is 2.40 bits per heavy atom. The zero-order valence-electron chi connectivity index (χ0n) is 13.5. The van der Waals surface area contributed by atoms with Crippen molar-refractivity contribution in [3.8, 4) is 11.1 Å². The molecule has 1 aromatic heterocycles. The quantitative estimate of drug-likeness (QED) is 0.764. The van der Waals surface area contributed by atoms with Crippen LogP contribution in [0.2, 0.25) is 0 Å². The topological polar surface area (TPSA) is 79.5 Å². The fraction of sp³-hybridized carbons (Fsp3) is 0.158. The van der Waals surface area contributed by atoms with E-state index in [9.17, 15) is 14.0 Å². The molecule has 0 spiro atoms. The number of aliphatic hydroxyl groups is 1. The van der Waals surface area contributed by atoms with Crippen molar-refractivity contribution in [3.05, 3.63) is 69.8 Å². The van der Waals surface area contributed by atoms with E-state index >= 15 is 0 Å². The first-order valence-electron chi connectivity index (χ1n) is 7.76. The van der Waals surface area contributed by atoms with Crippen molar-refractivity contribution in [2.75, 3.05) is 0 Å². The number of rotatable bonds is 4. The minimum atomic E-state index is -1.38. The molecule has 0 radical (unpaired) electrons. The van der Waals surface area contributed by atoms with E-state index in [1.807, 2.05) is 0 Å². The molecule has 6 heteroatoms. The molecule has 25 heavy (non-hydrogen) atoms. The van der Waals surface area contributed by atoms with E-state index in [4.69, 9.17) is 10.2 Å². The highest BCUT2D eigenvalue weighted by molar-refractivity contribution is 5.94. The average molecular weight is 341 g/mol. The van der Waals surface area contributed by atoms with Gasteiger partial charge in [-0.15, -0.1) is 0 Å². The van der Waals surface area contributed by atoms with Gasteiger partial charge in [0.2, 0.25) is 5.43 Å². The van der Waals surface area contributed by atoms with E-state index in [1.54, 1.807) is 41.8 Å². The van der Waals surface area contributed by atoms with Crippen molar-refractivity contribution < 1.29 is 19.4 Å². The number of aromatic nitrogens is 1. The highest BCUT2D eigenvalue weighted by Gasteiger charge is 2.18. The number of pyridine rings is 1. The monoisotopic (exact) mass is 341 g/mol. The van der Waals surface area contributed by atoms with E-state index in [0.29, 0.717) is 17.6 Å². The van der Waals surface area contributed by atoms with Crippen molar-refractivity contribution >= 4 is 16.9 Å². The number of carbonyl (C=O) groups is 1. The van der Waals surface area contributed by atoms with Crippen LogP contribution in [0.25, 0.3) is 22.0 Å². The Kier molecular flexibility index (Phi) is 4.37. The first kappa shape index (κ1) is 16.9. The first-order chi connectivity index (χ1) is 12.0. The summed E-state index contributed by atoms with van der Waals surface area (Å²) in [5.41, 5.74) is 1.11. The predicted molar refractivity (Wildman–Crippen MR) is 92.2 cm³/mol. The Balaban J connectivity index is 2.30. The summed E-state index contributed by atoms with van der Waals surface area (Å²) in [7, 11) is 0. The van der Waals surface area contributed by atoms with Gasteiger partial charge in [0.15, 0.2) is 0 Å². The largest absolute Gasteiger partial charge is 0.477 e. The van der Waals surface area contributed by atoms with Gasteiger partial charge in [0, 0.05) is 12.7 Å². The Morgan fingerprint density at radius 1 is 1.16 bits per heavy atom. The molecule has 3 aromatic rings. The summed E-state index contributed by atoms with van der Waals surface area (Å²) < 4.78 is 16.2. The lowest BCUT2D eigenvalue weighted by Crippen LogP contribution is -2.19. The van der Waals surface area contributed by atoms with E-state index in [1.165, 1.54) is 12.3 Å². The van der Waals surface area contributed by atoms with Crippen molar-refractivity contribution in [3.63, 3.8) is 0 Å². The number of fused-ring (bicyclic) bond motifs is 1.